The van der Waals surface area contributed by atoms with E-state index >= 15 is 0 Å². The van der Waals surface area contributed by atoms with Crippen LogP contribution in [0.4, 0.5) is 5.69 Å². The number of anilines is 1. The van der Waals surface area contributed by atoms with Gasteiger partial charge in [-0.05, 0) is 36.4 Å². The Labute approximate surface area is 121 Å². The van der Waals surface area contributed by atoms with Crippen molar-refractivity contribution in [1.82, 2.24) is 4.98 Å². The second-order valence-electron chi connectivity index (χ2n) is 4.09. The van der Waals surface area contributed by atoms with Crippen molar-refractivity contribution in [2.75, 3.05) is 19.0 Å². The van der Waals surface area contributed by atoms with Crippen LogP contribution < -0.4 is 10.1 Å². The van der Waals surface area contributed by atoms with Crippen molar-refractivity contribution in [2.24, 2.45) is 0 Å². The van der Waals surface area contributed by atoms with Crippen LogP contribution >= 0.6 is 0 Å². The van der Waals surface area contributed by atoms with E-state index in [0.717, 1.165) is 0 Å². The number of hydrogen-bond donors (Lipinski definition) is 1. The van der Waals surface area contributed by atoms with Crippen molar-refractivity contribution in [3.05, 3.63) is 54.4 Å². The minimum Gasteiger partial charge on any atom is -0.497 e. The summed E-state index contributed by atoms with van der Waals surface area (Å²) in [6.07, 6.45) is 2.96. The molecule has 1 aromatic carbocycles. The quantitative estimate of drug-likeness (QED) is 0.849. The average molecular weight is 286 g/mol. The smallest absolute Gasteiger partial charge is 0.338 e. The van der Waals surface area contributed by atoms with Crippen LogP contribution in [0.25, 0.3) is 0 Å². The molecule has 0 radical (unpaired) electrons. The summed E-state index contributed by atoms with van der Waals surface area (Å²) in [6.45, 7) is -0.354. The van der Waals surface area contributed by atoms with Gasteiger partial charge in [0.05, 0.1) is 12.7 Å². The third-order valence-corrected chi connectivity index (χ3v) is 2.62. The number of nitrogens with zero attached hydrogens (tertiary/aromatic N) is 1. The standard InChI is InChI=1S/C15H14N2O4/c1-20-13-4-2-12(3-5-13)17-14(18)10-21-15(19)11-6-8-16-9-7-11/h2-9H,10H2,1H3,(H,17,18). The van der Waals surface area contributed by atoms with E-state index in [4.69, 9.17) is 9.47 Å². The largest absolute Gasteiger partial charge is 0.497 e. The number of methoxy groups -OCH3 is 1. The van der Waals surface area contributed by atoms with Gasteiger partial charge < -0.3 is 14.8 Å². The number of nitrogens with one attached hydrogen (secondary N) is 1. The zero-order valence-corrected chi connectivity index (χ0v) is 11.4. The molecular formula is C15H14N2O4. The van der Waals surface area contributed by atoms with Crippen molar-refractivity contribution in [2.45, 2.75) is 0 Å². The molecule has 0 spiro atoms. The fourth-order valence-corrected chi connectivity index (χ4v) is 1.57. The number of rotatable bonds is 5. The summed E-state index contributed by atoms with van der Waals surface area (Å²) in [7, 11) is 1.56. The Morgan fingerprint density at radius 3 is 2.38 bits per heavy atom. The Balaban J connectivity index is 1.83. The van der Waals surface area contributed by atoms with Crippen LogP contribution in [0.5, 0.6) is 5.75 Å². The number of aromatic nitrogens is 1. The Kier molecular flexibility index (Phi) is 4.87. The predicted molar refractivity (Wildman–Crippen MR) is 76.1 cm³/mol. The lowest BCUT2D eigenvalue weighted by Gasteiger charge is -2.07. The highest BCUT2D eigenvalue weighted by molar-refractivity contribution is 5.95. The Morgan fingerprint density at radius 2 is 1.76 bits per heavy atom. The lowest BCUT2D eigenvalue weighted by molar-refractivity contribution is -0.119. The van der Waals surface area contributed by atoms with Crippen molar-refractivity contribution in [1.29, 1.82) is 0 Å². The summed E-state index contributed by atoms with van der Waals surface area (Å²) in [6, 6.07) is 9.87. The monoisotopic (exact) mass is 286 g/mol. The minimum absolute atomic E-state index is 0.349. The molecule has 6 nitrogen and oxygen atoms in total. The third kappa shape index (κ3) is 4.31. The first kappa shape index (κ1) is 14.5. The molecule has 2 rings (SSSR count). The summed E-state index contributed by atoms with van der Waals surface area (Å²) in [5.41, 5.74) is 0.947. The number of benzene rings is 1. The second kappa shape index (κ2) is 7.04. The molecule has 0 fully saturated rings. The highest BCUT2D eigenvalue weighted by Crippen LogP contribution is 2.14. The first-order chi connectivity index (χ1) is 10.2. The van der Waals surface area contributed by atoms with Crippen LogP contribution in [-0.2, 0) is 9.53 Å². The fourth-order valence-electron chi connectivity index (χ4n) is 1.57. The van der Waals surface area contributed by atoms with Gasteiger partial charge in [-0.3, -0.25) is 9.78 Å². The van der Waals surface area contributed by atoms with Gasteiger partial charge in [0, 0.05) is 18.1 Å². The van der Waals surface area contributed by atoms with Crippen LogP contribution in [0.2, 0.25) is 0 Å². The van der Waals surface area contributed by atoms with Gasteiger partial charge in [-0.15, -0.1) is 0 Å². The van der Waals surface area contributed by atoms with Crippen molar-refractivity contribution >= 4 is 17.6 Å². The van der Waals surface area contributed by atoms with Gasteiger partial charge in [0.25, 0.3) is 5.91 Å². The SMILES string of the molecule is COc1ccc(NC(=O)COC(=O)c2ccncc2)cc1. The number of ether oxygens (including phenoxy) is 2. The summed E-state index contributed by atoms with van der Waals surface area (Å²) < 4.78 is 9.92. The van der Waals surface area contributed by atoms with E-state index in [-0.39, 0.29) is 6.61 Å². The van der Waals surface area contributed by atoms with Gasteiger partial charge in [-0.1, -0.05) is 0 Å². The third-order valence-electron chi connectivity index (χ3n) is 2.62. The average Bonchev–Trinajstić information content (AvgIpc) is 2.54. The van der Waals surface area contributed by atoms with E-state index in [1.165, 1.54) is 24.5 Å². The van der Waals surface area contributed by atoms with Crippen LogP contribution in [0.1, 0.15) is 10.4 Å². The number of carbonyl (C=O) groups excluding carboxylic acids is 2. The van der Waals surface area contributed by atoms with E-state index in [1.807, 2.05) is 0 Å². The molecule has 0 aliphatic carbocycles. The van der Waals surface area contributed by atoms with Gasteiger partial charge in [-0.25, -0.2) is 4.79 Å². The number of carbonyl (C=O) groups is 2. The fraction of sp³-hybridized carbons (Fsp3) is 0.133. The van der Waals surface area contributed by atoms with Gasteiger partial charge in [0.15, 0.2) is 6.61 Å². The van der Waals surface area contributed by atoms with E-state index < -0.39 is 11.9 Å². The van der Waals surface area contributed by atoms with Crippen molar-refractivity contribution in [3.8, 4) is 5.75 Å². The maximum atomic E-state index is 11.7. The van der Waals surface area contributed by atoms with E-state index in [0.29, 0.717) is 17.0 Å². The zero-order valence-electron chi connectivity index (χ0n) is 11.4. The Bertz CT molecular complexity index is 611. The lowest BCUT2D eigenvalue weighted by atomic mass is 10.3. The normalized spacial score (nSPS) is 9.76. The molecule has 0 saturated heterocycles. The maximum absolute atomic E-state index is 11.7. The summed E-state index contributed by atoms with van der Waals surface area (Å²) in [5.74, 6) is -0.290. The predicted octanol–water partition coefficient (Wildman–Crippen LogP) is 1.89. The molecule has 108 valence electrons. The molecule has 2 aromatic rings. The first-order valence-corrected chi connectivity index (χ1v) is 6.20. The molecule has 1 amide bonds. The molecule has 1 heterocycles. The van der Waals surface area contributed by atoms with Crippen LogP contribution in [0, 0.1) is 0 Å². The minimum atomic E-state index is -0.567. The van der Waals surface area contributed by atoms with Gasteiger partial charge in [-0.2, -0.15) is 0 Å². The summed E-state index contributed by atoms with van der Waals surface area (Å²) in [5, 5.41) is 2.62. The molecular weight excluding hydrogens is 272 g/mol. The Hall–Kier alpha value is -2.89. The second-order valence-corrected chi connectivity index (χ2v) is 4.09. The Morgan fingerprint density at radius 1 is 1.10 bits per heavy atom. The maximum Gasteiger partial charge on any atom is 0.338 e. The molecule has 0 aliphatic rings. The highest BCUT2D eigenvalue weighted by Gasteiger charge is 2.09. The zero-order chi connectivity index (χ0) is 15.1. The molecule has 0 unspecified atom stereocenters. The first-order valence-electron chi connectivity index (χ1n) is 6.20. The molecule has 6 heteroatoms. The summed E-state index contributed by atoms with van der Waals surface area (Å²) >= 11 is 0. The molecule has 0 bridgehead atoms. The number of hydrogen-bond acceptors (Lipinski definition) is 5. The lowest BCUT2D eigenvalue weighted by Crippen LogP contribution is -2.20. The number of esters is 1. The van der Waals surface area contributed by atoms with E-state index in [1.54, 1.807) is 31.4 Å². The van der Waals surface area contributed by atoms with E-state index in [9.17, 15) is 9.59 Å². The van der Waals surface area contributed by atoms with E-state index in [2.05, 4.69) is 10.3 Å². The molecule has 0 atom stereocenters. The molecule has 0 aliphatic heterocycles. The highest BCUT2D eigenvalue weighted by atomic mass is 16.5. The van der Waals surface area contributed by atoms with Crippen LogP contribution in [0.3, 0.4) is 0 Å². The molecule has 0 saturated carbocycles. The number of amides is 1. The molecule has 21 heavy (non-hydrogen) atoms. The summed E-state index contributed by atoms with van der Waals surface area (Å²) in [4.78, 5) is 27.1. The van der Waals surface area contributed by atoms with Gasteiger partial charge in [0.1, 0.15) is 5.75 Å². The van der Waals surface area contributed by atoms with Crippen molar-refractivity contribution < 1.29 is 19.1 Å². The van der Waals surface area contributed by atoms with Crippen LogP contribution in [0.15, 0.2) is 48.8 Å². The van der Waals surface area contributed by atoms with Gasteiger partial charge >= 0.3 is 5.97 Å². The van der Waals surface area contributed by atoms with Crippen molar-refractivity contribution in [3.63, 3.8) is 0 Å². The topological polar surface area (TPSA) is 77.5 Å². The van der Waals surface area contributed by atoms with Crippen LogP contribution in [-0.4, -0.2) is 30.6 Å². The number of pyridine rings is 1. The molecule has 1 N–H and O–H groups in total. The van der Waals surface area contributed by atoms with Gasteiger partial charge in [0.2, 0.25) is 0 Å². The molecule has 1 aromatic heterocycles.